The van der Waals surface area contributed by atoms with Crippen molar-refractivity contribution in [1.29, 1.82) is 0 Å². The molecule has 0 aliphatic rings. The molecule has 2 N–H and O–H groups in total. The predicted molar refractivity (Wildman–Crippen MR) is 89.6 cm³/mol. The molecule has 0 saturated carbocycles. The summed E-state index contributed by atoms with van der Waals surface area (Å²) in [4.78, 5) is 8.31. The van der Waals surface area contributed by atoms with E-state index in [9.17, 15) is 0 Å². The summed E-state index contributed by atoms with van der Waals surface area (Å²) >= 11 is 1.78. The highest BCUT2D eigenvalue weighted by atomic mass is 35.5. The summed E-state index contributed by atoms with van der Waals surface area (Å²) < 4.78 is 0. The van der Waals surface area contributed by atoms with Crippen molar-refractivity contribution in [3.8, 4) is 10.6 Å². The molecule has 1 unspecified atom stereocenters. The van der Waals surface area contributed by atoms with Crippen molar-refractivity contribution in [2.75, 3.05) is 20.1 Å². The van der Waals surface area contributed by atoms with Crippen LogP contribution in [-0.2, 0) is 0 Å². The van der Waals surface area contributed by atoms with E-state index in [1.807, 2.05) is 6.07 Å². The van der Waals surface area contributed by atoms with Crippen LogP contribution in [-0.4, -0.2) is 30.0 Å². The molecule has 20 heavy (non-hydrogen) atoms. The Hall–Kier alpha value is -0.940. The van der Waals surface area contributed by atoms with E-state index < -0.39 is 0 Å². The quantitative estimate of drug-likeness (QED) is 0.919. The Morgan fingerprint density at radius 2 is 1.95 bits per heavy atom. The lowest BCUT2D eigenvalue weighted by atomic mass is 10.2. The fraction of sp³-hybridized carbons (Fsp3) is 0.400. The van der Waals surface area contributed by atoms with E-state index in [1.165, 1.54) is 10.4 Å². The van der Waals surface area contributed by atoms with Gasteiger partial charge in [0.15, 0.2) is 0 Å². The SMILES string of the molecule is Cc1nc(-c2ccccc2)sc1C(C)N(C)CCN.Cl. The third-order valence-corrected chi connectivity index (χ3v) is 4.75. The van der Waals surface area contributed by atoms with Gasteiger partial charge >= 0.3 is 0 Å². The van der Waals surface area contributed by atoms with Gasteiger partial charge < -0.3 is 5.73 Å². The molecular weight excluding hydrogens is 290 g/mol. The molecule has 0 fully saturated rings. The number of hydrogen-bond acceptors (Lipinski definition) is 4. The van der Waals surface area contributed by atoms with Crippen LogP contribution < -0.4 is 5.73 Å². The van der Waals surface area contributed by atoms with Gasteiger partial charge in [-0.3, -0.25) is 4.90 Å². The fourth-order valence-corrected chi connectivity index (χ4v) is 3.29. The summed E-state index contributed by atoms with van der Waals surface area (Å²) in [6.07, 6.45) is 0. The number of hydrogen-bond donors (Lipinski definition) is 1. The zero-order valence-corrected chi connectivity index (χ0v) is 13.8. The number of halogens is 1. The second-order valence-electron chi connectivity index (χ2n) is 4.78. The molecule has 5 heteroatoms. The molecule has 1 atom stereocenters. The first-order chi connectivity index (χ1) is 9.13. The first-order valence-corrected chi connectivity index (χ1v) is 7.38. The van der Waals surface area contributed by atoms with Gasteiger partial charge in [-0.2, -0.15) is 0 Å². The van der Waals surface area contributed by atoms with E-state index in [4.69, 9.17) is 10.7 Å². The minimum Gasteiger partial charge on any atom is -0.329 e. The maximum absolute atomic E-state index is 5.63. The van der Waals surface area contributed by atoms with E-state index in [0.29, 0.717) is 12.6 Å². The Labute approximate surface area is 131 Å². The highest BCUT2D eigenvalue weighted by Gasteiger charge is 2.18. The van der Waals surface area contributed by atoms with Crippen LogP contribution in [0, 0.1) is 6.92 Å². The number of aryl methyl sites for hydroxylation is 1. The minimum absolute atomic E-state index is 0. The van der Waals surface area contributed by atoms with Crippen LogP contribution in [0.5, 0.6) is 0 Å². The van der Waals surface area contributed by atoms with Crippen molar-refractivity contribution >= 4 is 23.7 Å². The van der Waals surface area contributed by atoms with Crippen LogP contribution in [0.25, 0.3) is 10.6 Å². The second-order valence-corrected chi connectivity index (χ2v) is 5.81. The highest BCUT2D eigenvalue weighted by Crippen LogP contribution is 2.33. The molecule has 0 aliphatic carbocycles. The van der Waals surface area contributed by atoms with Crippen LogP contribution in [0.15, 0.2) is 30.3 Å². The van der Waals surface area contributed by atoms with E-state index in [-0.39, 0.29) is 12.4 Å². The normalized spacial score (nSPS) is 12.2. The lowest BCUT2D eigenvalue weighted by molar-refractivity contribution is 0.271. The third-order valence-electron chi connectivity index (χ3n) is 3.38. The third kappa shape index (κ3) is 3.79. The number of benzene rings is 1. The van der Waals surface area contributed by atoms with Crippen molar-refractivity contribution < 1.29 is 0 Å². The van der Waals surface area contributed by atoms with Gasteiger partial charge in [0, 0.05) is 29.6 Å². The summed E-state index contributed by atoms with van der Waals surface area (Å²) in [6.45, 7) is 5.89. The maximum atomic E-state index is 5.63. The Kier molecular flexibility index (Phi) is 6.62. The van der Waals surface area contributed by atoms with Crippen LogP contribution in [0.1, 0.15) is 23.5 Å². The Morgan fingerprint density at radius 1 is 1.30 bits per heavy atom. The minimum atomic E-state index is 0. The fourth-order valence-electron chi connectivity index (χ4n) is 2.10. The zero-order valence-electron chi connectivity index (χ0n) is 12.2. The van der Waals surface area contributed by atoms with E-state index in [2.05, 4.69) is 50.1 Å². The van der Waals surface area contributed by atoms with Crippen LogP contribution in [0.3, 0.4) is 0 Å². The number of aromatic nitrogens is 1. The van der Waals surface area contributed by atoms with E-state index in [0.717, 1.165) is 17.2 Å². The van der Waals surface area contributed by atoms with E-state index in [1.54, 1.807) is 11.3 Å². The molecular formula is C15H22ClN3S. The number of thiazole rings is 1. The average Bonchev–Trinajstić information content (AvgIpc) is 2.81. The topological polar surface area (TPSA) is 42.2 Å². The smallest absolute Gasteiger partial charge is 0.123 e. The first kappa shape index (κ1) is 17.1. The first-order valence-electron chi connectivity index (χ1n) is 6.56. The zero-order chi connectivity index (χ0) is 13.8. The molecule has 1 aromatic carbocycles. The molecule has 0 bridgehead atoms. The second kappa shape index (κ2) is 7.74. The molecule has 1 aromatic heterocycles. The van der Waals surface area contributed by atoms with Gasteiger partial charge in [0.25, 0.3) is 0 Å². The molecule has 0 spiro atoms. The monoisotopic (exact) mass is 311 g/mol. The highest BCUT2D eigenvalue weighted by molar-refractivity contribution is 7.15. The van der Waals surface area contributed by atoms with Crippen LogP contribution >= 0.6 is 23.7 Å². The molecule has 0 radical (unpaired) electrons. The lowest BCUT2D eigenvalue weighted by Crippen LogP contribution is -2.28. The van der Waals surface area contributed by atoms with Crippen LogP contribution in [0.2, 0.25) is 0 Å². The predicted octanol–water partition coefficient (Wildman–Crippen LogP) is 3.49. The van der Waals surface area contributed by atoms with Crippen molar-refractivity contribution in [3.63, 3.8) is 0 Å². The van der Waals surface area contributed by atoms with Crippen molar-refractivity contribution in [1.82, 2.24) is 9.88 Å². The number of likely N-dealkylation sites (N-methyl/N-ethyl adjacent to an activating group) is 1. The summed E-state index contributed by atoms with van der Waals surface area (Å²) in [5.74, 6) is 0. The lowest BCUT2D eigenvalue weighted by Gasteiger charge is -2.23. The molecule has 3 nitrogen and oxygen atoms in total. The summed E-state index contributed by atoms with van der Waals surface area (Å²) in [7, 11) is 2.11. The molecule has 110 valence electrons. The largest absolute Gasteiger partial charge is 0.329 e. The van der Waals surface area contributed by atoms with Gasteiger partial charge in [0.2, 0.25) is 0 Å². The van der Waals surface area contributed by atoms with Gasteiger partial charge in [-0.05, 0) is 20.9 Å². The summed E-state index contributed by atoms with van der Waals surface area (Å²) in [5, 5.41) is 1.10. The summed E-state index contributed by atoms with van der Waals surface area (Å²) in [6, 6.07) is 10.7. The molecule has 2 rings (SSSR count). The molecule has 0 aliphatic heterocycles. The van der Waals surface area contributed by atoms with Gasteiger partial charge in [0.05, 0.1) is 5.69 Å². The number of nitrogens with two attached hydrogens (primary N) is 1. The van der Waals surface area contributed by atoms with E-state index >= 15 is 0 Å². The van der Waals surface area contributed by atoms with Crippen LogP contribution in [0.4, 0.5) is 0 Å². The Morgan fingerprint density at radius 3 is 2.55 bits per heavy atom. The van der Waals surface area contributed by atoms with Gasteiger partial charge in [-0.1, -0.05) is 30.3 Å². The average molecular weight is 312 g/mol. The molecule has 1 heterocycles. The van der Waals surface area contributed by atoms with Crippen molar-refractivity contribution in [3.05, 3.63) is 40.9 Å². The molecule has 2 aromatic rings. The number of rotatable bonds is 5. The van der Waals surface area contributed by atoms with Gasteiger partial charge in [-0.25, -0.2) is 4.98 Å². The number of nitrogens with zero attached hydrogens (tertiary/aromatic N) is 2. The van der Waals surface area contributed by atoms with Gasteiger partial charge in [0.1, 0.15) is 5.01 Å². The molecule has 0 saturated heterocycles. The summed E-state index contributed by atoms with van der Waals surface area (Å²) in [5.41, 5.74) is 7.94. The van der Waals surface area contributed by atoms with Gasteiger partial charge in [-0.15, -0.1) is 23.7 Å². The van der Waals surface area contributed by atoms with Crippen molar-refractivity contribution in [2.45, 2.75) is 19.9 Å². The molecule has 0 amide bonds. The standard InChI is InChI=1S/C15H21N3S.ClH/c1-11-14(12(2)18(3)10-9-16)19-15(17-11)13-7-5-4-6-8-13;/h4-8,12H,9-10,16H2,1-3H3;1H. The Bertz CT molecular complexity index is 527. The maximum Gasteiger partial charge on any atom is 0.123 e. The Balaban J connectivity index is 0.00000200. The van der Waals surface area contributed by atoms with Crippen molar-refractivity contribution in [2.24, 2.45) is 5.73 Å².